The number of nitrogens with two attached hydrogens (primary N) is 1. The maximum absolute atomic E-state index is 11.9. The molecule has 1 aromatic carbocycles. The molecule has 5 nitrogen and oxygen atoms in total. The van der Waals surface area contributed by atoms with Gasteiger partial charge in [-0.1, -0.05) is 42.5 Å². The Morgan fingerprint density at radius 1 is 1.42 bits per heavy atom. The number of hydrogen-bond donors (Lipinski definition) is 2. The lowest BCUT2D eigenvalue weighted by Crippen LogP contribution is -2.37. The highest BCUT2D eigenvalue weighted by atomic mass is 32.2. The molecule has 1 rings (SSSR count). The van der Waals surface area contributed by atoms with Gasteiger partial charge in [0.1, 0.15) is 0 Å². The zero-order valence-corrected chi connectivity index (χ0v) is 12.3. The van der Waals surface area contributed by atoms with Crippen LogP contribution in [0.1, 0.15) is 18.0 Å². The second-order valence-corrected chi connectivity index (χ2v) is 6.37. The lowest BCUT2D eigenvalue weighted by atomic mass is 10.1. The number of nitrogens with one attached hydrogen (secondary N) is 1. The SMILES string of the molecule is COCCCS(=O)(=O)NC(C(N)=S)c1ccccc1. The van der Waals surface area contributed by atoms with Gasteiger partial charge in [-0.15, -0.1) is 0 Å². The van der Waals surface area contributed by atoms with Crippen molar-refractivity contribution in [3.8, 4) is 0 Å². The van der Waals surface area contributed by atoms with E-state index in [1.807, 2.05) is 6.07 Å². The largest absolute Gasteiger partial charge is 0.392 e. The second-order valence-electron chi connectivity index (χ2n) is 4.03. The van der Waals surface area contributed by atoms with Gasteiger partial charge in [-0.25, -0.2) is 13.1 Å². The number of ether oxygens (including phenoxy) is 1. The minimum atomic E-state index is -3.44. The van der Waals surface area contributed by atoms with Crippen LogP contribution < -0.4 is 10.5 Å². The molecule has 7 heteroatoms. The molecule has 0 spiro atoms. The van der Waals surface area contributed by atoms with Crippen molar-refractivity contribution in [3.63, 3.8) is 0 Å². The minimum absolute atomic E-state index is 0.0210. The predicted molar refractivity (Wildman–Crippen MR) is 79.4 cm³/mol. The quantitative estimate of drug-likeness (QED) is 0.552. The molecular formula is C12H18N2O3S2. The van der Waals surface area contributed by atoms with Gasteiger partial charge in [0.25, 0.3) is 0 Å². The molecule has 1 aromatic rings. The van der Waals surface area contributed by atoms with E-state index >= 15 is 0 Å². The zero-order valence-electron chi connectivity index (χ0n) is 10.7. The smallest absolute Gasteiger partial charge is 0.212 e. The number of hydrogen-bond acceptors (Lipinski definition) is 4. The van der Waals surface area contributed by atoms with E-state index in [9.17, 15) is 8.42 Å². The molecule has 1 atom stereocenters. The summed E-state index contributed by atoms with van der Waals surface area (Å²) in [5, 5.41) is 0. The van der Waals surface area contributed by atoms with E-state index in [2.05, 4.69) is 4.72 Å². The summed E-state index contributed by atoms with van der Waals surface area (Å²) in [6, 6.07) is 8.33. The van der Waals surface area contributed by atoms with Gasteiger partial charge in [0.2, 0.25) is 10.0 Å². The van der Waals surface area contributed by atoms with Crippen LogP contribution in [-0.4, -0.2) is 32.9 Å². The average molecular weight is 302 g/mol. The summed E-state index contributed by atoms with van der Waals surface area (Å²) < 4.78 is 31.2. The summed E-state index contributed by atoms with van der Waals surface area (Å²) in [4.78, 5) is 0.0986. The van der Waals surface area contributed by atoms with Gasteiger partial charge in [-0.2, -0.15) is 0 Å². The van der Waals surface area contributed by atoms with Gasteiger partial charge in [0, 0.05) is 13.7 Å². The summed E-state index contributed by atoms with van der Waals surface area (Å²) >= 11 is 4.93. The van der Waals surface area contributed by atoms with Gasteiger partial charge < -0.3 is 10.5 Å². The summed E-state index contributed by atoms with van der Waals surface area (Å²) in [7, 11) is -1.91. The van der Waals surface area contributed by atoms with Gasteiger partial charge in [-0.05, 0) is 12.0 Å². The third kappa shape index (κ3) is 5.65. The maximum atomic E-state index is 11.9. The average Bonchev–Trinajstić information content (AvgIpc) is 2.37. The number of sulfonamides is 1. The minimum Gasteiger partial charge on any atom is -0.392 e. The van der Waals surface area contributed by atoms with E-state index < -0.39 is 16.1 Å². The maximum Gasteiger partial charge on any atom is 0.212 e. The first-order valence-electron chi connectivity index (χ1n) is 5.79. The molecule has 0 heterocycles. The molecule has 19 heavy (non-hydrogen) atoms. The Balaban J connectivity index is 2.77. The van der Waals surface area contributed by atoms with Crippen molar-refractivity contribution in [2.24, 2.45) is 5.73 Å². The van der Waals surface area contributed by atoms with Crippen LogP contribution in [0.5, 0.6) is 0 Å². The van der Waals surface area contributed by atoms with Crippen LogP contribution in [0.25, 0.3) is 0 Å². The molecule has 0 aliphatic carbocycles. The van der Waals surface area contributed by atoms with Gasteiger partial charge in [0.15, 0.2) is 0 Å². The van der Waals surface area contributed by atoms with Gasteiger partial charge in [-0.3, -0.25) is 0 Å². The fraction of sp³-hybridized carbons (Fsp3) is 0.417. The van der Waals surface area contributed by atoms with E-state index in [0.29, 0.717) is 13.0 Å². The Morgan fingerprint density at radius 3 is 2.58 bits per heavy atom. The number of thiocarbonyl (C=S) groups is 1. The van der Waals surface area contributed by atoms with Crippen LogP contribution >= 0.6 is 12.2 Å². The molecule has 106 valence electrons. The van der Waals surface area contributed by atoms with E-state index in [-0.39, 0.29) is 10.7 Å². The number of methoxy groups -OCH3 is 1. The zero-order chi connectivity index (χ0) is 14.3. The van der Waals surface area contributed by atoms with E-state index in [1.54, 1.807) is 24.3 Å². The first-order chi connectivity index (χ1) is 8.96. The van der Waals surface area contributed by atoms with Crippen molar-refractivity contribution in [3.05, 3.63) is 35.9 Å². The first kappa shape index (κ1) is 16.0. The fourth-order valence-electron chi connectivity index (χ4n) is 1.57. The Morgan fingerprint density at radius 2 is 2.05 bits per heavy atom. The second kappa shape index (κ2) is 7.54. The molecule has 0 amide bonds. The van der Waals surface area contributed by atoms with Crippen molar-refractivity contribution in [1.29, 1.82) is 0 Å². The molecule has 3 N–H and O–H groups in total. The van der Waals surface area contributed by atoms with E-state index in [0.717, 1.165) is 5.56 Å². The number of benzene rings is 1. The van der Waals surface area contributed by atoms with Crippen LogP contribution in [0.4, 0.5) is 0 Å². The molecule has 0 bridgehead atoms. The Kier molecular flexibility index (Phi) is 6.36. The Hall–Kier alpha value is -1.02. The standard InChI is InChI=1S/C12H18N2O3S2/c1-17-8-5-9-19(15,16)14-11(12(13)18)10-6-3-2-4-7-10/h2-4,6-7,11,14H,5,8-9H2,1H3,(H2,13,18). The highest BCUT2D eigenvalue weighted by molar-refractivity contribution is 7.89. The summed E-state index contributed by atoms with van der Waals surface area (Å²) in [6.45, 7) is 0.393. The van der Waals surface area contributed by atoms with E-state index in [1.165, 1.54) is 7.11 Å². The Bertz CT molecular complexity index is 503. The van der Waals surface area contributed by atoms with E-state index in [4.69, 9.17) is 22.7 Å². The fourth-order valence-corrected chi connectivity index (χ4v) is 3.08. The summed E-state index contributed by atoms with van der Waals surface area (Å²) in [5.74, 6) is -0.0210. The molecule has 1 unspecified atom stereocenters. The molecule has 0 saturated carbocycles. The van der Waals surface area contributed by atoms with Gasteiger partial charge >= 0.3 is 0 Å². The highest BCUT2D eigenvalue weighted by Crippen LogP contribution is 2.14. The third-order valence-corrected chi connectivity index (χ3v) is 4.13. The molecule has 0 saturated heterocycles. The van der Waals surface area contributed by atoms with Crippen LogP contribution in [-0.2, 0) is 14.8 Å². The monoisotopic (exact) mass is 302 g/mol. The van der Waals surface area contributed by atoms with Crippen LogP contribution in [0, 0.1) is 0 Å². The molecule has 0 aromatic heterocycles. The summed E-state index contributed by atoms with van der Waals surface area (Å²) in [5.41, 5.74) is 6.34. The van der Waals surface area contributed by atoms with Crippen molar-refractivity contribution in [2.75, 3.05) is 19.5 Å². The topological polar surface area (TPSA) is 81.4 Å². The highest BCUT2D eigenvalue weighted by Gasteiger charge is 2.21. The van der Waals surface area contributed by atoms with Crippen molar-refractivity contribution < 1.29 is 13.2 Å². The Labute approximate surface area is 119 Å². The van der Waals surface area contributed by atoms with Crippen LogP contribution in [0.15, 0.2) is 30.3 Å². The molecule has 0 aliphatic rings. The molecular weight excluding hydrogens is 284 g/mol. The van der Waals surface area contributed by atoms with Crippen LogP contribution in [0.2, 0.25) is 0 Å². The predicted octanol–water partition coefficient (Wildman–Crippen LogP) is 0.970. The normalized spacial score (nSPS) is 13.1. The lowest BCUT2D eigenvalue weighted by Gasteiger charge is -2.17. The first-order valence-corrected chi connectivity index (χ1v) is 7.85. The molecule has 0 aliphatic heterocycles. The molecule has 0 fully saturated rings. The molecule has 0 radical (unpaired) electrons. The van der Waals surface area contributed by atoms with Crippen molar-refractivity contribution in [1.82, 2.24) is 4.72 Å². The summed E-state index contributed by atoms with van der Waals surface area (Å²) in [6.07, 6.45) is 0.421. The van der Waals surface area contributed by atoms with Crippen molar-refractivity contribution in [2.45, 2.75) is 12.5 Å². The van der Waals surface area contributed by atoms with Crippen LogP contribution in [0.3, 0.4) is 0 Å². The third-order valence-electron chi connectivity index (χ3n) is 2.48. The van der Waals surface area contributed by atoms with Gasteiger partial charge in [0.05, 0.1) is 16.8 Å². The number of rotatable bonds is 8. The van der Waals surface area contributed by atoms with Crippen molar-refractivity contribution >= 4 is 27.2 Å². The lowest BCUT2D eigenvalue weighted by molar-refractivity contribution is 0.199.